The maximum absolute atomic E-state index is 13.5. The lowest BCUT2D eigenvalue weighted by Gasteiger charge is -2.08. The fraction of sp³-hybridized carbons (Fsp3) is 0.167. The summed E-state index contributed by atoms with van der Waals surface area (Å²) in [7, 11) is 0. The first-order chi connectivity index (χ1) is 11.1. The minimum atomic E-state index is -1.79. The predicted molar refractivity (Wildman–Crippen MR) is 73.5 cm³/mol. The molecule has 1 heterocycles. The van der Waals surface area contributed by atoms with Gasteiger partial charge in [-0.25, -0.2) is 17.6 Å². The quantitative estimate of drug-likeness (QED) is 0.390. The number of carbonyl (C=O) groups is 1. The molecule has 2 rings (SSSR count). The second-order valence-electron chi connectivity index (χ2n) is 4.53. The molecule has 0 unspecified atom stereocenters. The summed E-state index contributed by atoms with van der Waals surface area (Å²) in [4.78, 5) is 21.6. The summed E-state index contributed by atoms with van der Waals surface area (Å²) in [6.45, 7) is 0.592. The smallest absolute Gasteiger partial charge is 0.358 e. The van der Waals surface area contributed by atoms with Crippen molar-refractivity contribution in [1.82, 2.24) is 9.78 Å². The maximum Gasteiger partial charge on any atom is 0.408 e. The number of amides is 1. The van der Waals surface area contributed by atoms with E-state index in [4.69, 9.17) is 11.6 Å². The maximum atomic E-state index is 13.5. The third kappa shape index (κ3) is 3.15. The highest BCUT2D eigenvalue weighted by Crippen LogP contribution is 2.27. The highest BCUT2D eigenvalue weighted by atomic mass is 35.5. The molecule has 0 saturated heterocycles. The van der Waals surface area contributed by atoms with Gasteiger partial charge in [-0.3, -0.25) is 4.79 Å². The van der Waals surface area contributed by atoms with Gasteiger partial charge in [0.05, 0.1) is 10.8 Å². The van der Waals surface area contributed by atoms with E-state index >= 15 is 0 Å². The Morgan fingerprint density at radius 1 is 1.33 bits per heavy atom. The molecule has 0 aliphatic heterocycles. The van der Waals surface area contributed by atoms with E-state index in [-0.39, 0.29) is 16.8 Å². The number of nitrogens with zero attached hydrogens (tertiary/aromatic N) is 3. The molecule has 1 aromatic heterocycles. The van der Waals surface area contributed by atoms with Gasteiger partial charge >= 0.3 is 5.82 Å². The van der Waals surface area contributed by atoms with Crippen molar-refractivity contribution >= 4 is 29.0 Å². The zero-order valence-electron chi connectivity index (χ0n) is 11.7. The van der Waals surface area contributed by atoms with Gasteiger partial charge in [-0.05, 0) is 11.8 Å². The summed E-state index contributed by atoms with van der Waals surface area (Å²) >= 11 is 5.67. The molecular weight excluding hydrogens is 360 g/mol. The predicted octanol–water partition coefficient (Wildman–Crippen LogP) is 2.95. The van der Waals surface area contributed by atoms with Crippen LogP contribution in [0.5, 0.6) is 0 Å². The van der Waals surface area contributed by atoms with Crippen molar-refractivity contribution in [3.63, 3.8) is 0 Å². The van der Waals surface area contributed by atoms with Gasteiger partial charge in [0.2, 0.25) is 5.91 Å². The summed E-state index contributed by atoms with van der Waals surface area (Å²) in [5.74, 6) is -8.81. The van der Waals surface area contributed by atoms with E-state index in [2.05, 4.69) is 5.10 Å². The molecule has 2 aromatic rings. The third-order valence-electron chi connectivity index (χ3n) is 2.96. The minimum Gasteiger partial charge on any atom is -0.358 e. The fourth-order valence-corrected chi connectivity index (χ4v) is 1.98. The zero-order valence-corrected chi connectivity index (χ0v) is 12.5. The number of nitrogens with one attached hydrogen (secondary N) is 1. The Morgan fingerprint density at radius 2 is 1.88 bits per heavy atom. The number of nitro groups is 1. The second kappa shape index (κ2) is 6.43. The van der Waals surface area contributed by atoms with Gasteiger partial charge in [-0.2, -0.15) is 4.68 Å². The average Bonchev–Trinajstić information content (AvgIpc) is 2.78. The second-order valence-corrected chi connectivity index (χ2v) is 4.91. The lowest BCUT2D eigenvalue weighted by Crippen LogP contribution is -2.22. The van der Waals surface area contributed by atoms with Crippen LogP contribution in [0.2, 0.25) is 5.02 Å². The number of hydrogen-bond donors (Lipinski definition) is 1. The van der Waals surface area contributed by atoms with Crippen molar-refractivity contribution in [2.45, 2.75) is 13.5 Å². The molecule has 0 spiro atoms. The number of halogens is 5. The molecule has 0 aliphatic rings. The Labute approximate surface area is 136 Å². The first kappa shape index (κ1) is 17.7. The summed E-state index contributed by atoms with van der Waals surface area (Å²) < 4.78 is 53.9. The van der Waals surface area contributed by atoms with E-state index in [9.17, 15) is 32.5 Å². The van der Waals surface area contributed by atoms with Crippen molar-refractivity contribution in [2.24, 2.45) is 0 Å². The van der Waals surface area contributed by atoms with Crippen molar-refractivity contribution in [1.29, 1.82) is 0 Å². The van der Waals surface area contributed by atoms with Crippen LogP contribution in [0.3, 0.4) is 0 Å². The highest BCUT2D eigenvalue weighted by molar-refractivity contribution is 6.33. The zero-order chi connectivity index (χ0) is 18.2. The fourth-order valence-electron chi connectivity index (χ4n) is 1.78. The molecule has 0 radical (unpaired) electrons. The van der Waals surface area contributed by atoms with E-state index in [1.165, 1.54) is 6.92 Å². The van der Waals surface area contributed by atoms with Crippen LogP contribution in [0.4, 0.5) is 29.1 Å². The van der Waals surface area contributed by atoms with E-state index in [1.807, 2.05) is 0 Å². The standard InChI is InChI=1S/C12H7ClF4N4O3/c1-4-8(13)12(21(23)24)19-20(4)3-7(22)18-11-9(16)5(14)2-6(15)10(11)17/h2H,3H2,1H3,(H,18,22). The summed E-state index contributed by atoms with van der Waals surface area (Å²) in [5, 5.41) is 15.5. The van der Waals surface area contributed by atoms with Crippen LogP contribution in [-0.4, -0.2) is 20.6 Å². The SMILES string of the molecule is Cc1c(Cl)c([N+](=O)[O-])nn1CC(=O)Nc1c(F)c(F)cc(F)c1F. The number of anilines is 1. The number of hydrogen-bond acceptors (Lipinski definition) is 4. The van der Waals surface area contributed by atoms with Crippen LogP contribution in [0.25, 0.3) is 0 Å². The molecule has 7 nitrogen and oxygen atoms in total. The van der Waals surface area contributed by atoms with Crippen molar-refractivity contribution in [3.8, 4) is 0 Å². The Balaban J connectivity index is 2.27. The van der Waals surface area contributed by atoms with Crippen molar-refractivity contribution < 1.29 is 27.3 Å². The van der Waals surface area contributed by atoms with E-state index in [1.54, 1.807) is 5.32 Å². The Bertz CT molecular complexity index is 829. The molecule has 0 bridgehead atoms. The van der Waals surface area contributed by atoms with Crippen LogP contribution in [-0.2, 0) is 11.3 Å². The monoisotopic (exact) mass is 366 g/mol. The van der Waals surface area contributed by atoms with Gasteiger partial charge in [0, 0.05) is 6.07 Å². The lowest BCUT2D eigenvalue weighted by atomic mass is 10.2. The first-order valence-electron chi connectivity index (χ1n) is 6.13. The Kier molecular flexibility index (Phi) is 4.73. The van der Waals surface area contributed by atoms with Gasteiger partial charge in [0.1, 0.15) is 12.2 Å². The van der Waals surface area contributed by atoms with E-state index < -0.39 is 52.1 Å². The van der Waals surface area contributed by atoms with Gasteiger partial charge in [0.15, 0.2) is 28.3 Å². The molecule has 24 heavy (non-hydrogen) atoms. The molecule has 0 aliphatic carbocycles. The van der Waals surface area contributed by atoms with Gasteiger partial charge in [0.25, 0.3) is 0 Å². The van der Waals surface area contributed by atoms with Crippen molar-refractivity contribution in [3.05, 3.63) is 50.2 Å². The largest absolute Gasteiger partial charge is 0.408 e. The lowest BCUT2D eigenvalue weighted by molar-refractivity contribution is -0.389. The highest BCUT2D eigenvalue weighted by Gasteiger charge is 2.26. The van der Waals surface area contributed by atoms with Crippen LogP contribution in [0.15, 0.2) is 6.07 Å². The van der Waals surface area contributed by atoms with Gasteiger partial charge in [-0.15, -0.1) is 0 Å². The molecule has 1 amide bonds. The normalized spacial score (nSPS) is 10.8. The third-order valence-corrected chi connectivity index (χ3v) is 3.40. The molecule has 1 N–H and O–H groups in total. The summed E-state index contributed by atoms with van der Waals surface area (Å²) in [5.41, 5.74) is -1.27. The van der Waals surface area contributed by atoms with Crippen LogP contribution in [0, 0.1) is 40.3 Å². The van der Waals surface area contributed by atoms with Crippen LogP contribution < -0.4 is 5.32 Å². The van der Waals surface area contributed by atoms with Crippen LogP contribution >= 0.6 is 11.6 Å². The van der Waals surface area contributed by atoms with Gasteiger partial charge in [-0.1, -0.05) is 11.6 Å². The topological polar surface area (TPSA) is 90.1 Å². The molecule has 0 fully saturated rings. The average molecular weight is 367 g/mol. The number of benzene rings is 1. The number of carbonyl (C=O) groups excluding carboxylic acids is 1. The van der Waals surface area contributed by atoms with E-state index in [0.717, 1.165) is 4.68 Å². The summed E-state index contributed by atoms with van der Waals surface area (Å²) in [6, 6.07) is -0.0128. The van der Waals surface area contributed by atoms with Crippen LogP contribution in [0.1, 0.15) is 5.69 Å². The molecule has 12 heteroatoms. The number of rotatable bonds is 4. The molecule has 0 saturated carbocycles. The molecule has 1 aromatic carbocycles. The Hall–Kier alpha value is -2.69. The molecular formula is C12H7ClF4N4O3. The first-order valence-corrected chi connectivity index (χ1v) is 6.51. The molecule has 0 atom stereocenters. The van der Waals surface area contributed by atoms with E-state index in [0.29, 0.717) is 0 Å². The minimum absolute atomic E-state index is 0.0128. The van der Waals surface area contributed by atoms with Crippen molar-refractivity contribution in [2.75, 3.05) is 5.32 Å². The summed E-state index contributed by atoms with van der Waals surface area (Å²) in [6.07, 6.45) is 0. The number of aromatic nitrogens is 2. The molecule has 128 valence electrons. The van der Waals surface area contributed by atoms with Gasteiger partial charge < -0.3 is 15.4 Å². The Morgan fingerprint density at radius 3 is 2.33 bits per heavy atom.